The topological polar surface area (TPSA) is 50.7 Å². The highest BCUT2D eigenvalue weighted by Gasteiger charge is 2.42. The Morgan fingerprint density at radius 3 is 2.72 bits per heavy atom. The molecule has 1 unspecified atom stereocenters. The first kappa shape index (κ1) is 21.8. The molecule has 0 aromatic heterocycles. The molecule has 0 radical (unpaired) electrons. The van der Waals surface area contributed by atoms with Crippen molar-refractivity contribution in [3.63, 3.8) is 0 Å². The van der Waals surface area contributed by atoms with E-state index in [1.54, 1.807) is 38.3 Å². The van der Waals surface area contributed by atoms with Gasteiger partial charge in [-0.25, -0.2) is 8.78 Å². The summed E-state index contributed by atoms with van der Waals surface area (Å²) in [6.07, 6.45) is 1.36. The zero-order chi connectivity index (χ0) is 20.9. The van der Waals surface area contributed by atoms with Crippen molar-refractivity contribution in [3.05, 3.63) is 59.2 Å². The van der Waals surface area contributed by atoms with Gasteiger partial charge in [-0.05, 0) is 61.1 Å². The zero-order valence-corrected chi connectivity index (χ0v) is 17.0. The van der Waals surface area contributed by atoms with Crippen LogP contribution in [0.3, 0.4) is 0 Å². The average molecular weight is 405 g/mol. The molecule has 1 heterocycles. The average Bonchev–Trinajstić information content (AvgIpc) is 2.73. The number of hydrogen-bond acceptors (Lipinski definition) is 4. The molecule has 4 nitrogen and oxygen atoms in total. The molecule has 158 valence electrons. The Kier molecular flexibility index (Phi) is 7.35. The molecule has 29 heavy (non-hydrogen) atoms. The van der Waals surface area contributed by atoms with Gasteiger partial charge in [0, 0.05) is 32.4 Å². The molecule has 2 N–H and O–H groups in total. The summed E-state index contributed by atoms with van der Waals surface area (Å²) >= 11 is 0. The number of ether oxygens (including phenoxy) is 2. The van der Waals surface area contributed by atoms with Crippen LogP contribution in [0.25, 0.3) is 11.1 Å². The van der Waals surface area contributed by atoms with Crippen LogP contribution in [0.5, 0.6) is 0 Å². The number of methoxy groups -OCH3 is 1. The van der Waals surface area contributed by atoms with Crippen LogP contribution in [0, 0.1) is 18.6 Å². The van der Waals surface area contributed by atoms with E-state index in [1.165, 1.54) is 12.1 Å². The number of hydrogen-bond donors (Lipinski definition) is 2. The maximum atomic E-state index is 15.0. The van der Waals surface area contributed by atoms with Crippen LogP contribution in [-0.4, -0.2) is 44.6 Å². The zero-order valence-electron chi connectivity index (χ0n) is 17.0. The van der Waals surface area contributed by atoms with Gasteiger partial charge in [-0.1, -0.05) is 18.2 Å². The van der Waals surface area contributed by atoms with Gasteiger partial charge in [0.05, 0.1) is 6.61 Å². The highest BCUT2D eigenvalue weighted by atomic mass is 19.1. The van der Waals surface area contributed by atoms with Crippen molar-refractivity contribution >= 4 is 0 Å². The quantitative estimate of drug-likeness (QED) is 0.654. The van der Waals surface area contributed by atoms with Crippen molar-refractivity contribution in [3.8, 4) is 11.1 Å². The van der Waals surface area contributed by atoms with E-state index in [-0.39, 0.29) is 5.82 Å². The Balaban J connectivity index is 2.07. The van der Waals surface area contributed by atoms with E-state index in [4.69, 9.17) is 9.47 Å². The highest BCUT2D eigenvalue weighted by Crippen LogP contribution is 2.40. The summed E-state index contributed by atoms with van der Waals surface area (Å²) in [5, 5.41) is 15.1. The normalized spacial score (nSPS) is 19.1. The molecular weight excluding hydrogens is 376 g/mol. The third kappa shape index (κ3) is 4.83. The maximum Gasteiger partial charge on any atom is 0.131 e. The third-order valence-electron chi connectivity index (χ3n) is 5.54. The smallest absolute Gasteiger partial charge is 0.131 e. The van der Waals surface area contributed by atoms with Crippen LogP contribution in [-0.2, 0) is 15.1 Å². The maximum absolute atomic E-state index is 15.0. The van der Waals surface area contributed by atoms with Crippen LogP contribution in [0.2, 0.25) is 0 Å². The summed E-state index contributed by atoms with van der Waals surface area (Å²) in [4.78, 5) is 0. The van der Waals surface area contributed by atoms with E-state index >= 15 is 4.39 Å². The largest absolute Gasteiger partial charge is 0.385 e. The molecule has 2 atom stereocenters. The molecule has 2 aromatic carbocycles. The lowest BCUT2D eigenvalue weighted by atomic mass is 9.79. The van der Waals surface area contributed by atoms with E-state index in [1.807, 2.05) is 0 Å². The second kappa shape index (κ2) is 9.76. The monoisotopic (exact) mass is 405 g/mol. The Labute approximate surface area is 170 Å². The van der Waals surface area contributed by atoms with Crippen LogP contribution >= 0.6 is 0 Å². The van der Waals surface area contributed by atoms with E-state index < -0.39 is 17.5 Å². The number of halogens is 2. The first-order valence-electron chi connectivity index (χ1n) is 10.1. The molecule has 1 aliphatic rings. The fraction of sp³-hybridized carbons (Fsp3) is 0.478. The van der Waals surface area contributed by atoms with E-state index in [0.717, 1.165) is 6.42 Å². The van der Waals surface area contributed by atoms with E-state index in [9.17, 15) is 9.50 Å². The van der Waals surface area contributed by atoms with Crippen molar-refractivity contribution in [1.82, 2.24) is 5.32 Å². The minimum Gasteiger partial charge on any atom is -0.385 e. The lowest BCUT2D eigenvalue weighted by Crippen LogP contribution is -2.51. The van der Waals surface area contributed by atoms with Gasteiger partial charge in [0.2, 0.25) is 0 Å². The second-order valence-electron chi connectivity index (χ2n) is 7.56. The van der Waals surface area contributed by atoms with Crippen LogP contribution < -0.4 is 5.32 Å². The summed E-state index contributed by atoms with van der Waals surface area (Å²) in [5.41, 5.74) is 0.335. The van der Waals surface area contributed by atoms with Crippen molar-refractivity contribution in [2.75, 3.05) is 33.4 Å². The summed E-state index contributed by atoms with van der Waals surface area (Å²) in [6.45, 7) is 3.89. The third-order valence-corrected chi connectivity index (χ3v) is 5.54. The molecule has 0 aliphatic carbocycles. The van der Waals surface area contributed by atoms with Crippen LogP contribution in [0.1, 0.15) is 30.4 Å². The summed E-state index contributed by atoms with van der Waals surface area (Å²) in [6, 6.07) is 9.20. The minimum atomic E-state index is -1.39. The highest BCUT2D eigenvalue weighted by molar-refractivity contribution is 5.70. The number of benzene rings is 2. The Morgan fingerprint density at radius 2 is 2.03 bits per heavy atom. The van der Waals surface area contributed by atoms with Crippen molar-refractivity contribution in [1.29, 1.82) is 0 Å². The molecule has 0 bridgehead atoms. The standard InChI is InChI=1S/C23H29F2NO3/c1-16-14-17(8-9-19(16)24)22-18(6-5-7-20(22)25)23(27,10-3-4-12-28-2)21-15-26-11-13-29-21/h5-9,14,21,26-27H,3-4,10-13,15H2,1-2H3/t21-,23?/m1/s1. The van der Waals surface area contributed by atoms with Crippen molar-refractivity contribution < 1.29 is 23.4 Å². The van der Waals surface area contributed by atoms with Gasteiger partial charge in [-0.3, -0.25) is 0 Å². The number of aliphatic hydroxyl groups is 1. The Bertz CT molecular complexity index is 824. The first-order valence-corrected chi connectivity index (χ1v) is 10.1. The Hall–Kier alpha value is -1.86. The summed E-state index contributed by atoms with van der Waals surface area (Å²) in [7, 11) is 1.64. The molecular formula is C23H29F2NO3. The minimum absolute atomic E-state index is 0.291. The van der Waals surface area contributed by atoms with Gasteiger partial charge >= 0.3 is 0 Å². The fourth-order valence-electron chi connectivity index (χ4n) is 3.96. The van der Waals surface area contributed by atoms with E-state index in [0.29, 0.717) is 61.4 Å². The summed E-state index contributed by atoms with van der Waals surface area (Å²) in [5.74, 6) is -0.797. The molecule has 1 saturated heterocycles. The SMILES string of the molecule is COCCCCC(O)(c1cccc(F)c1-c1ccc(F)c(C)c1)[C@H]1CNCCO1. The molecule has 2 aromatic rings. The van der Waals surface area contributed by atoms with Gasteiger partial charge < -0.3 is 19.9 Å². The van der Waals surface area contributed by atoms with Gasteiger partial charge in [0.15, 0.2) is 0 Å². The predicted molar refractivity (Wildman–Crippen MR) is 109 cm³/mol. The van der Waals surface area contributed by atoms with E-state index in [2.05, 4.69) is 5.32 Å². The van der Waals surface area contributed by atoms with Crippen LogP contribution in [0.15, 0.2) is 36.4 Å². The molecule has 1 fully saturated rings. The van der Waals surface area contributed by atoms with Crippen molar-refractivity contribution in [2.45, 2.75) is 37.9 Å². The number of nitrogens with one attached hydrogen (secondary N) is 1. The molecule has 1 aliphatic heterocycles. The number of morpholine rings is 1. The lowest BCUT2D eigenvalue weighted by Gasteiger charge is -2.40. The van der Waals surface area contributed by atoms with Gasteiger partial charge in [-0.15, -0.1) is 0 Å². The van der Waals surface area contributed by atoms with Gasteiger partial charge in [0.1, 0.15) is 23.3 Å². The molecule has 0 saturated carbocycles. The predicted octanol–water partition coefficient (Wildman–Crippen LogP) is 3.93. The Morgan fingerprint density at radius 1 is 1.21 bits per heavy atom. The number of unbranched alkanes of at least 4 members (excludes halogenated alkanes) is 1. The number of rotatable bonds is 8. The fourth-order valence-corrected chi connectivity index (χ4v) is 3.96. The van der Waals surface area contributed by atoms with Gasteiger partial charge in [0.25, 0.3) is 0 Å². The number of aryl methyl sites for hydroxylation is 1. The molecule has 3 rings (SSSR count). The molecule has 0 amide bonds. The summed E-state index contributed by atoms with van der Waals surface area (Å²) < 4.78 is 39.8. The van der Waals surface area contributed by atoms with Gasteiger partial charge in [-0.2, -0.15) is 0 Å². The molecule has 0 spiro atoms. The van der Waals surface area contributed by atoms with Crippen LogP contribution in [0.4, 0.5) is 8.78 Å². The second-order valence-corrected chi connectivity index (χ2v) is 7.56. The lowest BCUT2D eigenvalue weighted by molar-refractivity contribution is -0.129. The molecule has 6 heteroatoms. The van der Waals surface area contributed by atoms with Crippen molar-refractivity contribution in [2.24, 2.45) is 0 Å². The first-order chi connectivity index (χ1) is 14.0.